The third-order valence-corrected chi connectivity index (χ3v) is 4.13. The molecule has 1 heterocycles. The fraction of sp³-hybridized carbons (Fsp3) is 0.500. The molecule has 0 aliphatic carbocycles. The van der Waals surface area contributed by atoms with Gasteiger partial charge in [-0.2, -0.15) is 0 Å². The Morgan fingerprint density at radius 2 is 2.38 bits per heavy atom. The van der Waals surface area contributed by atoms with Crippen molar-refractivity contribution in [2.75, 3.05) is 7.05 Å². The van der Waals surface area contributed by atoms with Gasteiger partial charge in [0.2, 0.25) is 0 Å². The van der Waals surface area contributed by atoms with E-state index < -0.39 is 11.0 Å². The summed E-state index contributed by atoms with van der Waals surface area (Å²) in [7, 11) is 0.566. The predicted molar refractivity (Wildman–Crippen MR) is 57.1 cm³/mol. The van der Waals surface area contributed by atoms with Crippen molar-refractivity contribution in [3.05, 3.63) is 16.5 Å². The van der Waals surface area contributed by atoms with Gasteiger partial charge in [0.1, 0.15) is 15.2 Å². The monoisotopic (exact) mass is 218 g/mol. The Bertz CT molecular complexity index is 309. The Hall–Kier alpha value is -0.230. The third-order valence-electron chi connectivity index (χ3n) is 1.76. The van der Waals surface area contributed by atoms with Crippen LogP contribution in [0.2, 0.25) is 0 Å². The Morgan fingerprint density at radius 3 is 2.85 bits per heavy atom. The van der Waals surface area contributed by atoms with E-state index in [9.17, 15) is 4.21 Å². The van der Waals surface area contributed by atoms with Crippen molar-refractivity contribution < 1.29 is 4.21 Å². The maximum Gasteiger partial charge on any atom is 0.132 e. The van der Waals surface area contributed by atoms with Gasteiger partial charge in [0, 0.05) is 11.4 Å². The van der Waals surface area contributed by atoms with E-state index in [0.29, 0.717) is 0 Å². The van der Waals surface area contributed by atoms with Gasteiger partial charge < -0.3 is 5.32 Å². The van der Waals surface area contributed by atoms with E-state index in [1.54, 1.807) is 11.3 Å². The molecule has 5 heteroatoms. The maximum absolute atomic E-state index is 11.0. The smallest absolute Gasteiger partial charge is 0.132 e. The van der Waals surface area contributed by atoms with Crippen LogP contribution in [-0.2, 0) is 24.0 Å². The van der Waals surface area contributed by atoms with E-state index in [-0.39, 0.29) is 0 Å². The average Bonchev–Trinajstić information content (AvgIpc) is 2.48. The minimum Gasteiger partial charge on any atom is -0.316 e. The van der Waals surface area contributed by atoms with Crippen LogP contribution in [-0.4, -0.2) is 11.3 Å². The number of hydrogen-bond donors (Lipinski definition) is 2. The summed E-state index contributed by atoms with van der Waals surface area (Å²) in [5.41, 5.74) is 1.21. The lowest BCUT2D eigenvalue weighted by atomic mass is 10.2. The van der Waals surface area contributed by atoms with Crippen molar-refractivity contribution in [1.82, 2.24) is 5.32 Å². The van der Waals surface area contributed by atoms with Crippen LogP contribution in [0.1, 0.15) is 17.4 Å². The zero-order chi connectivity index (χ0) is 9.84. The number of aryl methyl sites for hydroxylation is 1. The lowest BCUT2D eigenvalue weighted by Crippen LogP contribution is -2.05. The first-order valence-corrected chi connectivity index (χ1v) is 6.14. The van der Waals surface area contributed by atoms with Crippen molar-refractivity contribution in [1.29, 1.82) is 0 Å². The zero-order valence-corrected chi connectivity index (χ0v) is 9.43. The molecular formula is C8H14N2OS2. The number of nitrogens with one attached hydrogen (secondary N) is 1. The van der Waals surface area contributed by atoms with E-state index in [0.717, 1.165) is 17.2 Å². The van der Waals surface area contributed by atoms with Crippen molar-refractivity contribution in [2.45, 2.75) is 24.1 Å². The molecule has 0 spiro atoms. The van der Waals surface area contributed by atoms with Gasteiger partial charge in [-0.1, -0.05) is 6.92 Å². The topological polar surface area (TPSA) is 55.1 Å². The summed E-state index contributed by atoms with van der Waals surface area (Å²) in [5, 5.41) is 8.39. The van der Waals surface area contributed by atoms with Crippen molar-refractivity contribution in [3.63, 3.8) is 0 Å². The van der Waals surface area contributed by atoms with E-state index in [1.807, 2.05) is 13.1 Å². The molecule has 1 unspecified atom stereocenters. The molecule has 3 nitrogen and oxygen atoms in total. The summed E-state index contributed by atoms with van der Waals surface area (Å²) in [6.07, 6.45) is 0.971. The molecule has 0 saturated carbocycles. The highest BCUT2D eigenvalue weighted by atomic mass is 32.2. The van der Waals surface area contributed by atoms with Gasteiger partial charge in [-0.05, 0) is 25.1 Å². The first kappa shape index (κ1) is 10.8. The Morgan fingerprint density at radius 1 is 1.69 bits per heavy atom. The van der Waals surface area contributed by atoms with E-state index in [1.165, 1.54) is 10.4 Å². The molecule has 0 aromatic carbocycles. The second kappa shape index (κ2) is 4.85. The molecule has 13 heavy (non-hydrogen) atoms. The normalized spacial score (nSPS) is 13.2. The molecular weight excluding hydrogens is 204 g/mol. The molecule has 0 radical (unpaired) electrons. The first-order valence-electron chi connectivity index (χ1n) is 4.11. The SMILES string of the molecule is CCc1sc(S(N)=O)cc1CNC. The van der Waals surface area contributed by atoms with Crippen molar-refractivity contribution >= 4 is 22.3 Å². The lowest BCUT2D eigenvalue weighted by molar-refractivity contribution is 0.685. The minimum absolute atomic E-state index is 0.766. The predicted octanol–water partition coefficient (Wildman–Crippen LogP) is 1.01. The molecule has 0 fully saturated rings. The molecule has 1 aromatic rings. The minimum atomic E-state index is -1.33. The van der Waals surface area contributed by atoms with Gasteiger partial charge in [0.25, 0.3) is 0 Å². The van der Waals surface area contributed by atoms with Crippen LogP contribution in [0.3, 0.4) is 0 Å². The highest BCUT2D eigenvalue weighted by Crippen LogP contribution is 2.24. The van der Waals surface area contributed by atoms with E-state index in [4.69, 9.17) is 5.14 Å². The third kappa shape index (κ3) is 2.60. The Balaban J connectivity index is 2.96. The number of nitrogens with two attached hydrogens (primary N) is 1. The van der Waals surface area contributed by atoms with Crippen LogP contribution in [0.5, 0.6) is 0 Å². The second-order valence-corrected chi connectivity index (χ2v) is 5.12. The number of hydrogen-bond acceptors (Lipinski definition) is 3. The van der Waals surface area contributed by atoms with Crippen LogP contribution in [0.15, 0.2) is 10.3 Å². The Labute approximate surface area is 84.9 Å². The van der Waals surface area contributed by atoms with Crippen LogP contribution in [0.4, 0.5) is 0 Å². The van der Waals surface area contributed by atoms with Gasteiger partial charge in [0.15, 0.2) is 0 Å². The first-order chi connectivity index (χ1) is 6.19. The molecule has 0 saturated heterocycles. The van der Waals surface area contributed by atoms with Gasteiger partial charge in [0.05, 0.1) is 0 Å². The summed E-state index contributed by atoms with van der Waals surface area (Å²) in [6.45, 7) is 2.91. The van der Waals surface area contributed by atoms with Crippen LogP contribution >= 0.6 is 11.3 Å². The van der Waals surface area contributed by atoms with Crippen LogP contribution < -0.4 is 10.5 Å². The van der Waals surface area contributed by atoms with Gasteiger partial charge in [-0.15, -0.1) is 11.3 Å². The molecule has 0 aliphatic rings. The van der Waals surface area contributed by atoms with Crippen LogP contribution in [0, 0.1) is 0 Å². The standard InChI is InChI=1S/C8H14N2OS2/c1-3-7-6(5-10-2)4-8(12-7)13(9)11/h4,10H,3,5,9H2,1-2H3. The summed E-state index contributed by atoms with van der Waals surface area (Å²) in [4.78, 5) is 1.27. The number of thiophene rings is 1. The summed E-state index contributed by atoms with van der Waals surface area (Å²) < 4.78 is 11.8. The molecule has 0 bridgehead atoms. The Kier molecular flexibility index (Phi) is 4.05. The highest BCUT2D eigenvalue weighted by molar-refractivity contribution is 7.85. The quantitative estimate of drug-likeness (QED) is 0.792. The van der Waals surface area contributed by atoms with Crippen LogP contribution in [0.25, 0.3) is 0 Å². The van der Waals surface area contributed by atoms with Gasteiger partial charge >= 0.3 is 0 Å². The fourth-order valence-corrected chi connectivity index (χ4v) is 2.92. The molecule has 0 amide bonds. The lowest BCUT2D eigenvalue weighted by Gasteiger charge is -1.97. The fourth-order valence-electron chi connectivity index (χ4n) is 1.18. The summed E-state index contributed by atoms with van der Waals surface area (Å²) >= 11 is 1.54. The molecule has 1 rings (SSSR count). The van der Waals surface area contributed by atoms with E-state index in [2.05, 4.69) is 12.2 Å². The van der Waals surface area contributed by atoms with Gasteiger partial charge in [-0.25, -0.2) is 9.35 Å². The van der Waals surface area contributed by atoms with Crippen molar-refractivity contribution in [2.24, 2.45) is 5.14 Å². The molecule has 0 aliphatic heterocycles. The highest BCUT2D eigenvalue weighted by Gasteiger charge is 2.09. The average molecular weight is 218 g/mol. The zero-order valence-electron chi connectivity index (χ0n) is 7.79. The summed E-state index contributed by atoms with van der Waals surface area (Å²) in [6, 6.07) is 1.93. The van der Waals surface area contributed by atoms with Crippen molar-refractivity contribution in [3.8, 4) is 0 Å². The maximum atomic E-state index is 11.0. The molecule has 74 valence electrons. The summed E-state index contributed by atoms with van der Waals surface area (Å²) in [5.74, 6) is 0. The largest absolute Gasteiger partial charge is 0.316 e. The molecule has 1 aromatic heterocycles. The number of rotatable bonds is 4. The van der Waals surface area contributed by atoms with Gasteiger partial charge in [-0.3, -0.25) is 0 Å². The van der Waals surface area contributed by atoms with E-state index >= 15 is 0 Å². The molecule has 3 N–H and O–H groups in total. The molecule has 1 atom stereocenters. The second-order valence-electron chi connectivity index (χ2n) is 2.70.